The van der Waals surface area contributed by atoms with Crippen LogP contribution in [0, 0.1) is 6.92 Å². The van der Waals surface area contributed by atoms with Gasteiger partial charge >= 0.3 is 5.97 Å². The van der Waals surface area contributed by atoms with Gasteiger partial charge in [0, 0.05) is 16.6 Å². The summed E-state index contributed by atoms with van der Waals surface area (Å²) >= 11 is 5.88. The van der Waals surface area contributed by atoms with Gasteiger partial charge in [-0.05, 0) is 31.5 Å². The van der Waals surface area contributed by atoms with Gasteiger partial charge in [0.15, 0.2) is 0 Å². The number of nitrogens with two attached hydrogens (primary N) is 1. The van der Waals surface area contributed by atoms with Crippen LogP contribution in [-0.4, -0.2) is 17.7 Å². The van der Waals surface area contributed by atoms with Gasteiger partial charge in [0.1, 0.15) is 5.75 Å². The molecule has 0 fully saturated rings. The first-order valence-electron chi connectivity index (χ1n) is 5.36. The molecule has 0 saturated heterocycles. The van der Waals surface area contributed by atoms with E-state index >= 15 is 0 Å². The molecule has 0 amide bonds. The average Bonchev–Trinajstić information content (AvgIpc) is 2.23. The van der Waals surface area contributed by atoms with Crippen LogP contribution in [0.2, 0.25) is 5.02 Å². The number of hydrogen-bond donors (Lipinski definition) is 2. The zero-order valence-corrected chi connectivity index (χ0v) is 11.8. The third kappa shape index (κ3) is 4.37. The fraction of sp³-hybridized carbons (Fsp3) is 0.417. The fourth-order valence-corrected chi connectivity index (χ4v) is 1.83. The maximum Gasteiger partial charge on any atom is 0.307 e. The number of ether oxygens (including phenoxy) is 1. The van der Waals surface area contributed by atoms with Crippen LogP contribution in [0.1, 0.15) is 30.5 Å². The molecule has 1 atom stereocenters. The largest absolute Gasteiger partial charge is 0.507 e. The molecule has 1 rings (SSSR count). The molecule has 0 spiro atoms. The molecule has 0 aliphatic carbocycles. The Bertz CT molecular complexity index is 424. The number of benzene rings is 1. The van der Waals surface area contributed by atoms with Crippen molar-refractivity contribution < 1.29 is 14.6 Å². The molecule has 4 nitrogen and oxygen atoms in total. The molecule has 6 heteroatoms. The van der Waals surface area contributed by atoms with E-state index in [1.807, 2.05) is 0 Å². The van der Waals surface area contributed by atoms with Crippen LogP contribution in [0.3, 0.4) is 0 Å². The van der Waals surface area contributed by atoms with Crippen molar-refractivity contribution in [2.45, 2.75) is 26.3 Å². The van der Waals surface area contributed by atoms with E-state index in [0.717, 1.165) is 0 Å². The van der Waals surface area contributed by atoms with Crippen molar-refractivity contribution >= 4 is 30.0 Å². The molecule has 0 aromatic heterocycles. The Morgan fingerprint density at radius 1 is 1.56 bits per heavy atom. The molecule has 0 aliphatic heterocycles. The van der Waals surface area contributed by atoms with Crippen LogP contribution in [0.25, 0.3) is 0 Å². The average molecular weight is 294 g/mol. The van der Waals surface area contributed by atoms with Crippen molar-refractivity contribution in [3.63, 3.8) is 0 Å². The Morgan fingerprint density at radius 2 is 2.17 bits per heavy atom. The smallest absolute Gasteiger partial charge is 0.307 e. The summed E-state index contributed by atoms with van der Waals surface area (Å²) in [6.45, 7) is 3.76. The Morgan fingerprint density at radius 3 is 2.72 bits per heavy atom. The second-order valence-electron chi connectivity index (χ2n) is 3.78. The lowest BCUT2D eigenvalue weighted by molar-refractivity contribution is -0.143. The van der Waals surface area contributed by atoms with Gasteiger partial charge in [-0.25, -0.2) is 0 Å². The first kappa shape index (κ1) is 17.0. The normalized spacial score (nSPS) is 11.6. The summed E-state index contributed by atoms with van der Waals surface area (Å²) in [6.07, 6.45) is 0.0151. The topological polar surface area (TPSA) is 72.5 Å². The van der Waals surface area contributed by atoms with Gasteiger partial charge < -0.3 is 15.6 Å². The highest BCUT2D eigenvalue weighted by atomic mass is 35.5. The molecule has 1 aromatic carbocycles. The fourth-order valence-electron chi connectivity index (χ4n) is 1.55. The lowest BCUT2D eigenvalue weighted by atomic mass is 10.0. The van der Waals surface area contributed by atoms with Crippen molar-refractivity contribution in [2.75, 3.05) is 6.61 Å². The molecule has 1 aromatic rings. The Labute approximate surface area is 117 Å². The number of carbonyl (C=O) groups is 1. The minimum Gasteiger partial charge on any atom is -0.507 e. The predicted molar refractivity (Wildman–Crippen MR) is 73.3 cm³/mol. The quantitative estimate of drug-likeness (QED) is 0.837. The Kier molecular flexibility index (Phi) is 7.06. The summed E-state index contributed by atoms with van der Waals surface area (Å²) < 4.78 is 4.80. The summed E-state index contributed by atoms with van der Waals surface area (Å²) in [5.41, 5.74) is 6.94. The van der Waals surface area contributed by atoms with Crippen molar-refractivity contribution in [2.24, 2.45) is 5.73 Å². The standard InChI is InChI=1S/C12H16ClNO3.ClH/c1-3-17-11(15)6-10(14)9-5-8(13)4-7(2)12(9)16;/h4-5,10,16H,3,6,14H2,1-2H3;1H. The highest BCUT2D eigenvalue weighted by Crippen LogP contribution is 2.31. The van der Waals surface area contributed by atoms with Crippen LogP contribution in [-0.2, 0) is 9.53 Å². The predicted octanol–water partition coefficient (Wildman–Crippen LogP) is 2.73. The van der Waals surface area contributed by atoms with E-state index in [1.165, 1.54) is 0 Å². The van der Waals surface area contributed by atoms with Gasteiger partial charge in [-0.1, -0.05) is 11.6 Å². The van der Waals surface area contributed by atoms with Crippen molar-refractivity contribution in [1.29, 1.82) is 0 Å². The van der Waals surface area contributed by atoms with Gasteiger partial charge in [0.25, 0.3) is 0 Å². The number of esters is 1. The number of phenols is 1. The van der Waals surface area contributed by atoms with Gasteiger partial charge in [-0.15, -0.1) is 12.4 Å². The Balaban J connectivity index is 0.00000289. The zero-order chi connectivity index (χ0) is 13.0. The lowest BCUT2D eigenvalue weighted by Gasteiger charge is -2.14. The van der Waals surface area contributed by atoms with Crippen molar-refractivity contribution in [3.8, 4) is 5.75 Å². The minimum atomic E-state index is -0.619. The van der Waals surface area contributed by atoms with E-state index in [2.05, 4.69) is 0 Å². The highest BCUT2D eigenvalue weighted by molar-refractivity contribution is 6.30. The molecule has 0 heterocycles. The Hall–Kier alpha value is -0.970. The van der Waals surface area contributed by atoms with Crippen LogP contribution in [0.4, 0.5) is 0 Å². The number of phenolic OH excluding ortho intramolecular Hbond substituents is 1. The van der Waals surface area contributed by atoms with Crippen LogP contribution < -0.4 is 5.73 Å². The monoisotopic (exact) mass is 293 g/mol. The third-order valence-electron chi connectivity index (χ3n) is 2.39. The SMILES string of the molecule is CCOC(=O)CC(N)c1cc(Cl)cc(C)c1O.Cl. The molecule has 102 valence electrons. The number of aromatic hydroxyl groups is 1. The molecular formula is C12H17Cl2NO3. The molecule has 0 radical (unpaired) electrons. The third-order valence-corrected chi connectivity index (χ3v) is 2.60. The van der Waals surface area contributed by atoms with E-state index in [0.29, 0.717) is 22.8 Å². The van der Waals surface area contributed by atoms with E-state index in [1.54, 1.807) is 26.0 Å². The number of carbonyl (C=O) groups excluding carboxylic acids is 1. The maximum absolute atomic E-state index is 11.3. The molecule has 1 unspecified atom stereocenters. The van der Waals surface area contributed by atoms with Gasteiger partial charge in [0.2, 0.25) is 0 Å². The molecule has 0 aliphatic rings. The number of aryl methyl sites for hydroxylation is 1. The van der Waals surface area contributed by atoms with E-state index < -0.39 is 12.0 Å². The highest BCUT2D eigenvalue weighted by Gasteiger charge is 2.17. The lowest BCUT2D eigenvalue weighted by Crippen LogP contribution is -2.17. The van der Waals surface area contributed by atoms with Crippen molar-refractivity contribution in [3.05, 3.63) is 28.3 Å². The summed E-state index contributed by atoms with van der Waals surface area (Å²) in [5.74, 6) is -0.316. The van der Waals surface area contributed by atoms with Gasteiger partial charge in [-0.3, -0.25) is 4.79 Å². The van der Waals surface area contributed by atoms with Crippen LogP contribution >= 0.6 is 24.0 Å². The number of halogens is 2. The van der Waals surface area contributed by atoms with Crippen LogP contribution in [0.5, 0.6) is 5.75 Å². The van der Waals surface area contributed by atoms with E-state index in [-0.39, 0.29) is 24.6 Å². The van der Waals surface area contributed by atoms with Crippen LogP contribution in [0.15, 0.2) is 12.1 Å². The first-order chi connectivity index (χ1) is 7.95. The molecule has 3 N–H and O–H groups in total. The molecule has 0 saturated carbocycles. The van der Waals surface area contributed by atoms with E-state index in [9.17, 15) is 9.90 Å². The van der Waals surface area contributed by atoms with E-state index in [4.69, 9.17) is 22.1 Å². The summed E-state index contributed by atoms with van der Waals surface area (Å²) in [5, 5.41) is 10.3. The minimum absolute atomic E-state index is 0. The first-order valence-corrected chi connectivity index (χ1v) is 5.73. The number of hydrogen-bond acceptors (Lipinski definition) is 4. The summed E-state index contributed by atoms with van der Waals surface area (Å²) in [4.78, 5) is 11.3. The molecule has 0 bridgehead atoms. The summed E-state index contributed by atoms with van der Waals surface area (Å²) in [6, 6.07) is 2.58. The molecular weight excluding hydrogens is 277 g/mol. The second kappa shape index (κ2) is 7.46. The molecule has 18 heavy (non-hydrogen) atoms. The van der Waals surface area contributed by atoms with Crippen molar-refractivity contribution in [1.82, 2.24) is 0 Å². The maximum atomic E-state index is 11.3. The number of rotatable bonds is 4. The zero-order valence-electron chi connectivity index (χ0n) is 10.3. The van der Waals surface area contributed by atoms with Gasteiger partial charge in [0.05, 0.1) is 13.0 Å². The second-order valence-corrected chi connectivity index (χ2v) is 4.21. The van der Waals surface area contributed by atoms with Gasteiger partial charge in [-0.2, -0.15) is 0 Å². The summed E-state index contributed by atoms with van der Waals surface area (Å²) in [7, 11) is 0.